The number of hydrogen-bond donors (Lipinski definition) is 2. The van der Waals surface area contributed by atoms with Crippen LogP contribution >= 0.6 is 15.9 Å². The number of rotatable bonds is 12. The molecule has 7 heteroatoms. The minimum absolute atomic E-state index is 0.0294. The Balaban J connectivity index is 1.60. The number of aryl methyl sites for hydroxylation is 1. The molecule has 1 aliphatic rings. The van der Waals surface area contributed by atoms with Crippen LogP contribution in [0.3, 0.4) is 0 Å². The summed E-state index contributed by atoms with van der Waals surface area (Å²) in [6.07, 6.45) is 0.0448. The standard InChI is InChI=1S/C40H37BrN2O4/c1-3-39(38(45)46,42-36(30-18-9-5-10-19-30)31-20-11-6-12-21-31)40(47-27-32-22-14-13-15-28(32)2)34-25-33(41)23-24-35(34)43(37(40)44)26-29-16-7-4-8-17-29/h4-25,36,42H,3,26-27H2,1-2H3,(H,45,46). The van der Waals surface area contributed by atoms with Crippen LogP contribution in [0.4, 0.5) is 5.69 Å². The summed E-state index contributed by atoms with van der Waals surface area (Å²) in [6.45, 7) is 4.07. The van der Waals surface area contributed by atoms with Crippen LogP contribution in [0.1, 0.15) is 52.8 Å². The van der Waals surface area contributed by atoms with E-state index in [1.54, 1.807) is 11.8 Å². The third kappa shape index (κ3) is 5.91. The summed E-state index contributed by atoms with van der Waals surface area (Å²) in [5.74, 6) is -1.61. The zero-order valence-electron chi connectivity index (χ0n) is 26.4. The molecule has 238 valence electrons. The Morgan fingerprint density at radius 2 is 1.45 bits per heavy atom. The van der Waals surface area contributed by atoms with Gasteiger partial charge in [0.15, 0.2) is 5.54 Å². The molecule has 5 aromatic rings. The first-order valence-electron chi connectivity index (χ1n) is 15.8. The second kappa shape index (κ2) is 13.7. The van der Waals surface area contributed by atoms with Gasteiger partial charge in [0.05, 0.1) is 24.9 Å². The SMILES string of the molecule is CCC(NC(c1ccccc1)c1ccccc1)(C(=O)O)C1(OCc2ccccc2C)C(=O)N(Cc2ccccc2)c2ccc(Br)cc21. The van der Waals surface area contributed by atoms with E-state index in [1.165, 1.54) is 0 Å². The third-order valence-electron chi connectivity index (χ3n) is 9.22. The average Bonchev–Trinajstić information content (AvgIpc) is 3.32. The molecule has 0 spiro atoms. The number of hydrogen-bond acceptors (Lipinski definition) is 4. The maximum Gasteiger partial charge on any atom is 0.327 e. The first-order chi connectivity index (χ1) is 22.8. The van der Waals surface area contributed by atoms with E-state index in [0.29, 0.717) is 15.7 Å². The Bertz CT molecular complexity index is 1830. The number of carboxylic acid groups (broad SMARTS) is 1. The summed E-state index contributed by atoms with van der Waals surface area (Å²) in [5.41, 5.74) is 1.76. The second-order valence-corrected chi connectivity index (χ2v) is 12.8. The van der Waals surface area contributed by atoms with Gasteiger partial charge in [-0.25, -0.2) is 0 Å². The molecular formula is C40H37BrN2O4. The molecule has 5 aromatic carbocycles. The number of carboxylic acids is 1. The van der Waals surface area contributed by atoms with Crippen molar-refractivity contribution >= 4 is 33.5 Å². The maximum absolute atomic E-state index is 15.4. The van der Waals surface area contributed by atoms with Crippen molar-refractivity contribution < 1.29 is 19.4 Å². The molecular weight excluding hydrogens is 652 g/mol. The monoisotopic (exact) mass is 688 g/mol. The van der Waals surface area contributed by atoms with Gasteiger partial charge in [-0.2, -0.15) is 0 Å². The van der Waals surface area contributed by atoms with E-state index >= 15 is 4.79 Å². The number of fused-ring (bicyclic) bond motifs is 1. The predicted octanol–water partition coefficient (Wildman–Crippen LogP) is 8.33. The van der Waals surface area contributed by atoms with E-state index < -0.39 is 29.1 Å². The molecule has 1 amide bonds. The molecule has 2 atom stereocenters. The lowest BCUT2D eigenvalue weighted by Gasteiger charge is -2.46. The highest BCUT2D eigenvalue weighted by atomic mass is 79.9. The van der Waals surface area contributed by atoms with Gasteiger partial charge in [-0.05, 0) is 59.4 Å². The molecule has 0 aromatic heterocycles. The van der Waals surface area contributed by atoms with Gasteiger partial charge in [-0.15, -0.1) is 0 Å². The first kappa shape index (κ1) is 32.4. The molecule has 6 nitrogen and oxygen atoms in total. The number of nitrogens with zero attached hydrogens (tertiary/aromatic N) is 1. The Morgan fingerprint density at radius 3 is 2.02 bits per heavy atom. The van der Waals surface area contributed by atoms with Crippen molar-refractivity contribution in [2.45, 2.75) is 50.6 Å². The number of aliphatic carboxylic acids is 1. The van der Waals surface area contributed by atoms with Crippen LogP contribution in [-0.2, 0) is 33.1 Å². The van der Waals surface area contributed by atoms with Gasteiger partial charge in [0.1, 0.15) is 0 Å². The smallest absolute Gasteiger partial charge is 0.327 e. The molecule has 0 saturated carbocycles. The number of anilines is 1. The number of benzene rings is 5. The van der Waals surface area contributed by atoms with Crippen LogP contribution in [-0.4, -0.2) is 22.5 Å². The van der Waals surface area contributed by atoms with E-state index in [1.807, 2.05) is 140 Å². The Morgan fingerprint density at radius 1 is 0.872 bits per heavy atom. The molecule has 1 heterocycles. The van der Waals surface area contributed by atoms with Crippen LogP contribution < -0.4 is 10.2 Å². The molecule has 0 fully saturated rings. The zero-order chi connectivity index (χ0) is 33.0. The van der Waals surface area contributed by atoms with Crippen molar-refractivity contribution in [3.05, 3.63) is 171 Å². The van der Waals surface area contributed by atoms with Gasteiger partial charge in [0.25, 0.3) is 5.91 Å². The van der Waals surface area contributed by atoms with Crippen molar-refractivity contribution in [3.8, 4) is 0 Å². The normalized spacial score (nSPS) is 17.0. The van der Waals surface area contributed by atoms with Crippen LogP contribution in [0, 0.1) is 6.92 Å². The first-order valence-corrected chi connectivity index (χ1v) is 16.6. The van der Waals surface area contributed by atoms with E-state index in [4.69, 9.17) is 4.74 Å². The number of nitrogens with one attached hydrogen (secondary N) is 1. The summed E-state index contributed by atoms with van der Waals surface area (Å²) in [4.78, 5) is 31.1. The van der Waals surface area contributed by atoms with Gasteiger partial charge in [-0.3, -0.25) is 14.9 Å². The molecule has 0 aliphatic carbocycles. The Kier molecular flexibility index (Phi) is 9.41. The maximum atomic E-state index is 15.4. The fraction of sp³-hybridized carbons (Fsp3) is 0.200. The number of ether oxygens (including phenoxy) is 1. The molecule has 2 N–H and O–H groups in total. The number of carbonyl (C=O) groups excluding carboxylic acids is 1. The van der Waals surface area contributed by atoms with E-state index in [2.05, 4.69) is 21.2 Å². The highest BCUT2D eigenvalue weighted by molar-refractivity contribution is 9.10. The summed E-state index contributed by atoms with van der Waals surface area (Å²) in [6, 6.07) is 42.0. The lowest BCUT2D eigenvalue weighted by atomic mass is 9.72. The Labute approximate surface area is 284 Å². The molecule has 0 bridgehead atoms. The number of halogens is 1. The van der Waals surface area contributed by atoms with Gasteiger partial charge in [-0.1, -0.05) is 138 Å². The topological polar surface area (TPSA) is 78.9 Å². The minimum Gasteiger partial charge on any atom is -0.480 e. The molecule has 1 aliphatic heterocycles. The van der Waals surface area contributed by atoms with Crippen LogP contribution in [0.25, 0.3) is 0 Å². The van der Waals surface area contributed by atoms with Crippen molar-refractivity contribution in [2.75, 3.05) is 4.90 Å². The van der Waals surface area contributed by atoms with Crippen LogP contribution in [0.15, 0.2) is 138 Å². The Hall–Kier alpha value is -4.56. The van der Waals surface area contributed by atoms with Crippen LogP contribution in [0.5, 0.6) is 0 Å². The predicted molar refractivity (Wildman–Crippen MR) is 188 cm³/mol. The van der Waals surface area contributed by atoms with Crippen molar-refractivity contribution in [1.29, 1.82) is 0 Å². The fourth-order valence-corrected chi connectivity index (χ4v) is 7.07. The lowest BCUT2D eigenvalue weighted by Crippen LogP contribution is -2.70. The van der Waals surface area contributed by atoms with Crippen molar-refractivity contribution in [1.82, 2.24) is 5.32 Å². The van der Waals surface area contributed by atoms with Crippen molar-refractivity contribution in [3.63, 3.8) is 0 Å². The number of amides is 1. The quantitative estimate of drug-likeness (QED) is 0.138. The second-order valence-electron chi connectivity index (χ2n) is 11.9. The fourth-order valence-electron chi connectivity index (χ4n) is 6.71. The third-order valence-corrected chi connectivity index (χ3v) is 9.71. The van der Waals surface area contributed by atoms with E-state index in [9.17, 15) is 9.90 Å². The van der Waals surface area contributed by atoms with Gasteiger partial charge < -0.3 is 14.7 Å². The van der Waals surface area contributed by atoms with Gasteiger partial charge in [0, 0.05) is 10.0 Å². The van der Waals surface area contributed by atoms with E-state index in [-0.39, 0.29) is 19.6 Å². The minimum atomic E-state index is -1.95. The van der Waals surface area contributed by atoms with Gasteiger partial charge >= 0.3 is 5.97 Å². The largest absolute Gasteiger partial charge is 0.480 e. The molecule has 2 unspecified atom stereocenters. The van der Waals surface area contributed by atoms with Gasteiger partial charge in [0.2, 0.25) is 5.60 Å². The summed E-state index contributed by atoms with van der Waals surface area (Å²) in [5, 5.41) is 15.1. The van der Waals surface area contributed by atoms with Crippen molar-refractivity contribution in [2.24, 2.45) is 0 Å². The molecule has 0 saturated heterocycles. The molecule has 6 rings (SSSR count). The summed E-state index contributed by atoms with van der Waals surface area (Å²) in [7, 11) is 0. The molecule has 0 radical (unpaired) electrons. The summed E-state index contributed by atoms with van der Waals surface area (Å²) >= 11 is 3.63. The highest BCUT2D eigenvalue weighted by Gasteiger charge is 2.68. The van der Waals surface area contributed by atoms with E-state index in [0.717, 1.165) is 27.8 Å². The average molecular weight is 690 g/mol. The molecule has 47 heavy (non-hydrogen) atoms. The summed E-state index contributed by atoms with van der Waals surface area (Å²) < 4.78 is 7.67. The lowest BCUT2D eigenvalue weighted by molar-refractivity contribution is -0.181. The zero-order valence-corrected chi connectivity index (χ0v) is 28.0. The highest BCUT2D eigenvalue weighted by Crippen LogP contribution is 2.53. The number of carbonyl (C=O) groups is 2. The van der Waals surface area contributed by atoms with Crippen LogP contribution in [0.2, 0.25) is 0 Å².